The van der Waals surface area contributed by atoms with Gasteiger partial charge in [0.1, 0.15) is 17.1 Å². The van der Waals surface area contributed by atoms with E-state index in [0.29, 0.717) is 28.4 Å². The highest BCUT2D eigenvalue weighted by molar-refractivity contribution is 7.16. The van der Waals surface area contributed by atoms with Gasteiger partial charge in [0.25, 0.3) is 5.91 Å². The van der Waals surface area contributed by atoms with Crippen LogP contribution in [0.15, 0.2) is 41.4 Å². The summed E-state index contributed by atoms with van der Waals surface area (Å²) in [5.74, 6) is -0.0848. The van der Waals surface area contributed by atoms with Crippen LogP contribution in [-0.4, -0.2) is 37.8 Å². The quantitative estimate of drug-likeness (QED) is 0.614. The van der Waals surface area contributed by atoms with Crippen LogP contribution in [0.2, 0.25) is 0 Å². The third kappa shape index (κ3) is 3.50. The Balaban J connectivity index is 2.17. The minimum Gasteiger partial charge on any atom is -0.496 e. The molecule has 1 aromatic heterocycles. The normalized spacial score (nSPS) is 11.5. The van der Waals surface area contributed by atoms with E-state index in [0.717, 1.165) is 10.2 Å². The summed E-state index contributed by atoms with van der Waals surface area (Å²) in [4.78, 5) is 29.6. The van der Waals surface area contributed by atoms with E-state index in [2.05, 4.69) is 4.99 Å². The fourth-order valence-electron chi connectivity index (χ4n) is 2.91. The average Bonchev–Trinajstić information content (AvgIpc) is 3.08. The van der Waals surface area contributed by atoms with Crippen LogP contribution in [0.1, 0.15) is 27.6 Å². The molecule has 0 saturated heterocycles. The number of rotatable bonds is 5. The number of benzene rings is 2. The third-order valence-corrected chi connectivity index (χ3v) is 5.30. The lowest BCUT2D eigenvalue weighted by molar-refractivity contribution is 0.0600. The van der Waals surface area contributed by atoms with Crippen molar-refractivity contribution < 1.29 is 23.8 Å². The molecule has 1 heterocycles. The summed E-state index contributed by atoms with van der Waals surface area (Å²) < 4.78 is 18.1. The van der Waals surface area contributed by atoms with E-state index >= 15 is 0 Å². The maximum absolute atomic E-state index is 12.9. The Morgan fingerprint density at radius 2 is 1.75 bits per heavy atom. The number of nitrogens with zero attached hydrogens (tertiary/aromatic N) is 2. The number of aryl methyl sites for hydroxylation is 1. The molecule has 0 unspecified atom stereocenters. The average molecular weight is 400 g/mol. The van der Waals surface area contributed by atoms with Crippen molar-refractivity contribution in [3.8, 4) is 11.5 Å². The van der Waals surface area contributed by atoms with Crippen molar-refractivity contribution in [3.05, 3.63) is 52.3 Å². The van der Waals surface area contributed by atoms with Gasteiger partial charge in [-0.15, -0.1) is 0 Å². The molecule has 0 aliphatic heterocycles. The van der Waals surface area contributed by atoms with E-state index in [1.165, 1.54) is 32.7 Å². The molecule has 0 aliphatic rings. The zero-order valence-corrected chi connectivity index (χ0v) is 16.8. The molecule has 0 saturated carbocycles. The number of fused-ring (bicyclic) bond motifs is 1. The number of hydrogen-bond acceptors (Lipinski definition) is 6. The Hall–Kier alpha value is -3.13. The standard InChI is InChI=1S/C20H20N2O5S/c1-5-22-13-10-9-12(19(24)27-4)11-16(13)28-20(22)21-18(23)17-14(25-2)7-6-8-15(17)26-3/h6-11H,5H2,1-4H3. The van der Waals surface area contributed by atoms with Crippen molar-refractivity contribution in [2.45, 2.75) is 13.5 Å². The fourth-order valence-corrected chi connectivity index (χ4v) is 4.05. The Bertz CT molecular complexity index is 1090. The highest BCUT2D eigenvalue weighted by Gasteiger charge is 2.18. The molecule has 0 fully saturated rings. The molecular formula is C20H20N2O5S. The van der Waals surface area contributed by atoms with Crippen LogP contribution >= 0.6 is 11.3 Å². The first-order valence-corrected chi connectivity index (χ1v) is 9.37. The van der Waals surface area contributed by atoms with Gasteiger partial charge in [-0.05, 0) is 37.3 Å². The van der Waals surface area contributed by atoms with E-state index in [1.54, 1.807) is 30.3 Å². The molecule has 0 radical (unpaired) electrons. The molecule has 0 N–H and O–H groups in total. The summed E-state index contributed by atoms with van der Waals surface area (Å²) in [6.07, 6.45) is 0. The maximum Gasteiger partial charge on any atom is 0.337 e. The second-order valence-electron chi connectivity index (χ2n) is 5.76. The Morgan fingerprint density at radius 3 is 2.32 bits per heavy atom. The van der Waals surface area contributed by atoms with Gasteiger partial charge in [0.05, 0.1) is 37.1 Å². The molecule has 146 valence electrons. The highest BCUT2D eigenvalue weighted by atomic mass is 32.1. The lowest BCUT2D eigenvalue weighted by Gasteiger charge is -2.09. The summed E-state index contributed by atoms with van der Waals surface area (Å²) in [7, 11) is 4.32. The molecule has 8 heteroatoms. The van der Waals surface area contributed by atoms with Crippen LogP contribution < -0.4 is 14.3 Å². The summed E-state index contributed by atoms with van der Waals surface area (Å²) >= 11 is 1.33. The zero-order valence-electron chi connectivity index (χ0n) is 16.0. The summed E-state index contributed by atoms with van der Waals surface area (Å²) in [6, 6.07) is 10.4. The van der Waals surface area contributed by atoms with Gasteiger partial charge in [-0.2, -0.15) is 4.99 Å². The van der Waals surface area contributed by atoms with Gasteiger partial charge in [-0.3, -0.25) is 4.79 Å². The molecule has 28 heavy (non-hydrogen) atoms. The molecule has 3 aromatic rings. The Morgan fingerprint density at radius 1 is 1.07 bits per heavy atom. The third-order valence-electron chi connectivity index (χ3n) is 4.26. The monoisotopic (exact) mass is 400 g/mol. The summed E-state index contributed by atoms with van der Waals surface area (Å²) in [6.45, 7) is 2.58. The predicted molar refractivity (Wildman–Crippen MR) is 106 cm³/mol. The van der Waals surface area contributed by atoms with E-state index in [-0.39, 0.29) is 5.56 Å². The summed E-state index contributed by atoms with van der Waals surface area (Å²) in [5, 5.41) is 0. The van der Waals surface area contributed by atoms with E-state index in [9.17, 15) is 9.59 Å². The first kappa shape index (κ1) is 19.6. The number of hydrogen-bond donors (Lipinski definition) is 0. The number of esters is 1. The van der Waals surface area contributed by atoms with Crippen LogP contribution in [0, 0.1) is 0 Å². The van der Waals surface area contributed by atoms with Crippen molar-refractivity contribution in [1.82, 2.24) is 4.57 Å². The SMILES string of the molecule is CCn1c(=NC(=O)c2c(OC)cccc2OC)sc2cc(C(=O)OC)ccc21. The van der Waals surface area contributed by atoms with Gasteiger partial charge < -0.3 is 18.8 Å². The molecule has 2 aromatic carbocycles. The van der Waals surface area contributed by atoms with Crippen LogP contribution in [0.25, 0.3) is 10.2 Å². The zero-order chi connectivity index (χ0) is 20.3. The van der Waals surface area contributed by atoms with Gasteiger partial charge in [0, 0.05) is 6.54 Å². The number of methoxy groups -OCH3 is 3. The first-order valence-electron chi connectivity index (χ1n) is 8.55. The smallest absolute Gasteiger partial charge is 0.337 e. The number of ether oxygens (including phenoxy) is 3. The lowest BCUT2D eigenvalue weighted by Crippen LogP contribution is -2.16. The van der Waals surface area contributed by atoms with Gasteiger partial charge >= 0.3 is 5.97 Å². The van der Waals surface area contributed by atoms with Crippen LogP contribution in [0.4, 0.5) is 0 Å². The van der Waals surface area contributed by atoms with Gasteiger partial charge in [-0.1, -0.05) is 17.4 Å². The van der Waals surface area contributed by atoms with Crippen molar-refractivity contribution in [2.75, 3.05) is 21.3 Å². The van der Waals surface area contributed by atoms with Crippen molar-refractivity contribution in [1.29, 1.82) is 0 Å². The number of carbonyl (C=O) groups excluding carboxylic acids is 2. The van der Waals surface area contributed by atoms with Crippen molar-refractivity contribution in [3.63, 3.8) is 0 Å². The van der Waals surface area contributed by atoms with Gasteiger partial charge in [0.15, 0.2) is 4.80 Å². The van der Waals surface area contributed by atoms with Crippen LogP contribution in [-0.2, 0) is 11.3 Å². The number of aromatic nitrogens is 1. The predicted octanol–water partition coefficient (Wildman–Crippen LogP) is 3.27. The van der Waals surface area contributed by atoms with Crippen molar-refractivity contribution in [2.24, 2.45) is 4.99 Å². The van der Waals surface area contributed by atoms with Crippen molar-refractivity contribution >= 4 is 33.4 Å². The fraction of sp³-hybridized carbons (Fsp3) is 0.250. The summed E-state index contributed by atoms with van der Waals surface area (Å²) in [5.41, 5.74) is 1.60. The number of carbonyl (C=O) groups is 2. The Labute approximate surface area is 165 Å². The van der Waals surface area contributed by atoms with Gasteiger partial charge in [0.2, 0.25) is 0 Å². The molecule has 0 aliphatic carbocycles. The minimum atomic E-state index is -0.462. The maximum atomic E-state index is 12.9. The second kappa shape index (κ2) is 8.26. The largest absolute Gasteiger partial charge is 0.496 e. The molecule has 7 nitrogen and oxygen atoms in total. The van der Waals surface area contributed by atoms with E-state index in [1.807, 2.05) is 17.6 Å². The topological polar surface area (TPSA) is 79.1 Å². The second-order valence-corrected chi connectivity index (χ2v) is 6.77. The lowest BCUT2D eigenvalue weighted by atomic mass is 10.1. The van der Waals surface area contributed by atoms with Crippen LogP contribution in [0.3, 0.4) is 0 Å². The molecule has 0 spiro atoms. The van der Waals surface area contributed by atoms with E-state index in [4.69, 9.17) is 14.2 Å². The number of amides is 1. The number of thiazole rings is 1. The highest BCUT2D eigenvalue weighted by Crippen LogP contribution is 2.29. The van der Waals surface area contributed by atoms with E-state index < -0.39 is 11.9 Å². The Kier molecular flexibility index (Phi) is 5.79. The molecular weight excluding hydrogens is 380 g/mol. The molecule has 0 bridgehead atoms. The molecule has 1 amide bonds. The minimum absolute atomic E-state index is 0.267. The molecule has 3 rings (SSSR count). The first-order chi connectivity index (χ1) is 13.5. The van der Waals surface area contributed by atoms with Crippen LogP contribution in [0.5, 0.6) is 11.5 Å². The molecule has 0 atom stereocenters. The van der Waals surface area contributed by atoms with Gasteiger partial charge in [-0.25, -0.2) is 4.79 Å².